The Labute approximate surface area is 151 Å². The van der Waals surface area contributed by atoms with Crippen LogP contribution in [0.2, 0.25) is 0 Å². The van der Waals surface area contributed by atoms with Crippen LogP contribution < -0.4 is 10.5 Å². The van der Waals surface area contributed by atoms with Gasteiger partial charge in [-0.05, 0) is 19.9 Å². The molecule has 136 valence electrons. The van der Waals surface area contributed by atoms with Crippen molar-refractivity contribution >= 4 is 5.69 Å². The Hall–Kier alpha value is -2.56. The van der Waals surface area contributed by atoms with Gasteiger partial charge in [-0.1, -0.05) is 11.8 Å². The Balaban J connectivity index is 1.65. The van der Waals surface area contributed by atoms with Crippen LogP contribution >= 0.6 is 0 Å². The third-order valence-corrected chi connectivity index (χ3v) is 5.19. The van der Waals surface area contributed by atoms with E-state index in [-0.39, 0.29) is 17.2 Å². The number of aromatic nitrogens is 3. The molecule has 7 heteroatoms. The lowest BCUT2D eigenvalue weighted by molar-refractivity contribution is -0.228. The van der Waals surface area contributed by atoms with Gasteiger partial charge in [-0.15, -0.1) is 0 Å². The first-order valence-corrected chi connectivity index (χ1v) is 8.72. The number of anilines is 1. The molecule has 2 aromatic rings. The lowest BCUT2D eigenvalue weighted by Gasteiger charge is -2.53. The molecule has 0 saturated carbocycles. The van der Waals surface area contributed by atoms with Gasteiger partial charge in [0.05, 0.1) is 37.1 Å². The van der Waals surface area contributed by atoms with Crippen molar-refractivity contribution in [1.82, 2.24) is 14.8 Å². The van der Waals surface area contributed by atoms with E-state index in [2.05, 4.69) is 33.7 Å². The normalized spacial score (nSPS) is 21.2. The Bertz CT molecular complexity index is 946. The van der Waals surface area contributed by atoms with E-state index in [1.165, 1.54) is 0 Å². The van der Waals surface area contributed by atoms with E-state index in [0.29, 0.717) is 32.1 Å². The maximum Gasteiger partial charge on any atom is 0.271 e. The van der Waals surface area contributed by atoms with Crippen molar-refractivity contribution < 1.29 is 9.47 Å². The number of morpholine rings is 1. The SMILES string of the molecule is Cc1nn(C)cc1C#Cc1c[nH]c(=O)c(N2CCOC3(COC3)[C@@H]2C)c1. The largest absolute Gasteiger partial charge is 0.375 e. The second-order valence-electron chi connectivity index (χ2n) is 6.93. The predicted octanol–water partition coefficient (Wildman–Crippen LogP) is 0.811. The smallest absolute Gasteiger partial charge is 0.271 e. The number of hydrogen-bond acceptors (Lipinski definition) is 5. The summed E-state index contributed by atoms with van der Waals surface area (Å²) >= 11 is 0. The summed E-state index contributed by atoms with van der Waals surface area (Å²) in [4.78, 5) is 17.4. The molecule has 2 saturated heterocycles. The lowest BCUT2D eigenvalue weighted by atomic mass is 9.90. The van der Waals surface area contributed by atoms with Gasteiger partial charge in [0, 0.05) is 31.5 Å². The molecule has 2 aliphatic rings. The van der Waals surface area contributed by atoms with Crippen LogP contribution in [0, 0.1) is 18.8 Å². The fourth-order valence-corrected chi connectivity index (χ4v) is 3.52. The zero-order valence-corrected chi connectivity index (χ0v) is 15.2. The van der Waals surface area contributed by atoms with E-state index in [4.69, 9.17) is 9.47 Å². The quantitative estimate of drug-likeness (QED) is 0.768. The first kappa shape index (κ1) is 16.9. The third-order valence-electron chi connectivity index (χ3n) is 5.19. The summed E-state index contributed by atoms with van der Waals surface area (Å²) in [6.45, 7) is 6.41. The molecule has 0 aliphatic carbocycles. The van der Waals surface area contributed by atoms with Crippen LogP contribution in [0.15, 0.2) is 23.3 Å². The minimum atomic E-state index is -0.306. The molecule has 4 heterocycles. The molecule has 4 rings (SSSR count). The van der Waals surface area contributed by atoms with Gasteiger partial charge in [0.1, 0.15) is 11.3 Å². The van der Waals surface area contributed by atoms with Gasteiger partial charge in [0.25, 0.3) is 5.56 Å². The zero-order valence-electron chi connectivity index (χ0n) is 15.2. The molecule has 0 unspecified atom stereocenters. The third kappa shape index (κ3) is 2.81. The maximum atomic E-state index is 12.4. The average Bonchev–Trinajstić information content (AvgIpc) is 2.91. The van der Waals surface area contributed by atoms with Crippen LogP contribution in [0.3, 0.4) is 0 Å². The molecule has 2 aliphatic heterocycles. The molecule has 0 bridgehead atoms. The molecule has 0 radical (unpaired) electrons. The van der Waals surface area contributed by atoms with E-state index in [9.17, 15) is 4.79 Å². The summed E-state index contributed by atoms with van der Waals surface area (Å²) in [7, 11) is 1.87. The molecule has 0 aromatic carbocycles. The van der Waals surface area contributed by atoms with Crippen LogP contribution in [0.4, 0.5) is 5.69 Å². The lowest BCUT2D eigenvalue weighted by Crippen LogP contribution is -2.68. The Kier molecular flexibility index (Phi) is 4.10. The summed E-state index contributed by atoms with van der Waals surface area (Å²) in [6, 6.07) is 1.92. The molecule has 1 spiro atoms. The van der Waals surface area contributed by atoms with Gasteiger partial charge < -0.3 is 19.4 Å². The van der Waals surface area contributed by atoms with E-state index in [1.807, 2.05) is 26.2 Å². The standard InChI is InChI=1S/C19H22N4O3/c1-13-16(10-22(3)21-13)5-4-15-8-17(18(24)20-9-15)23-6-7-26-19(14(23)2)11-25-12-19/h8-10,14H,6-7,11-12H2,1-3H3,(H,20,24)/t14-/m0/s1. The summed E-state index contributed by atoms with van der Waals surface area (Å²) < 4.78 is 13.0. The van der Waals surface area contributed by atoms with Crippen molar-refractivity contribution in [2.45, 2.75) is 25.5 Å². The molecular formula is C19H22N4O3. The predicted molar refractivity (Wildman–Crippen MR) is 97.3 cm³/mol. The molecule has 2 fully saturated rings. The van der Waals surface area contributed by atoms with Crippen molar-refractivity contribution in [3.63, 3.8) is 0 Å². The Morgan fingerprint density at radius 3 is 2.85 bits per heavy atom. The summed E-state index contributed by atoms with van der Waals surface area (Å²) in [6.07, 6.45) is 3.54. The van der Waals surface area contributed by atoms with E-state index in [0.717, 1.165) is 16.8 Å². The second-order valence-corrected chi connectivity index (χ2v) is 6.93. The number of hydrogen-bond donors (Lipinski definition) is 1. The fraction of sp³-hybridized carbons (Fsp3) is 0.474. The Morgan fingerprint density at radius 2 is 2.19 bits per heavy atom. The number of aryl methyl sites for hydroxylation is 2. The average molecular weight is 354 g/mol. The van der Waals surface area contributed by atoms with Crippen molar-refractivity contribution in [2.75, 3.05) is 31.3 Å². The van der Waals surface area contributed by atoms with Crippen molar-refractivity contribution in [3.8, 4) is 11.8 Å². The number of pyridine rings is 1. The summed E-state index contributed by atoms with van der Waals surface area (Å²) in [5.41, 5.74) is 2.74. The first-order valence-electron chi connectivity index (χ1n) is 8.72. The molecule has 0 amide bonds. The first-order chi connectivity index (χ1) is 12.5. The van der Waals surface area contributed by atoms with E-state index in [1.54, 1.807) is 10.9 Å². The van der Waals surface area contributed by atoms with Gasteiger partial charge >= 0.3 is 0 Å². The molecule has 7 nitrogen and oxygen atoms in total. The highest BCUT2D eigenvalue weighted by Crippen LogP contribution is 2.34. The van der Waals surface area contributed by atoms with Crippen molar-refractivity contribution in [2.24, 2.45) is 7.05 Å². The number of nitrogens with one attached hydrogen (secondary N) is 1. The molecule has 26 heavy (non-hydrogen) atoms. The fourth-order valence-electron chi connectivity index (χ4n) is 3.52. The zero-order chi connectivity index (χ0) is 18.3. The molecule has 2 aromatic heterocycles. The number of rotatable bonds is 1. The number of nitrogens with zero attached hydrogens (tertiary/aromatic N) is 3. The van der Waals surface area contributed by atoms with Gasteiger partial charge in [0.2, 0.25) is 0 Å². The number of H-pyrrole nitrogens is 1. The summed E-state index contributed by atoms with van der Waals surface area (Å²) in [5.74, 6) is 6.26. The van der Waals surface area contributed by atoms with Crippen LogP contribution in [-0.4, -0.2) is 52.8 Å². The Morgan fingerprint density at radius 1 is 1.38 bits per heavy atom. The molecule has 1 atom stereocenters. The van der Waals surface area contributed by atoms with Crippen molar-refractivity contribution in [1.29, 1.82) is 0 Å². The summed E-state index contributed by atoms with van der Waals surface area (Å²) in [5, 5.41) is 4.29. The topological polar surface area (TPSA) is 72.4 Å². The van der Waals surface area contributed by atoms with Crippen molar-refractivity contribution in [3.05, 3.63) is 45.6 Å². The van der Waals surface area contributed by atoms with Gasteiger partial charge in [-0.25, -0.2) is 0 Å². The minimum Gasteiger partial charge on any atom is -0.375 e. The minimum absolute atomic E-state index is 0.0647. The van der Waals surface area contributed by atoms with Gasteiger partial charge in [0.15, 0.2) is 0 Å². The van der Waals surface area contributed by atoms with E-state index < -0.39 is 0 Å². The van der Waals surface area contributed by atoms with E-state index >= 15 is 0 Å². The highest BCUT2D eigenvalue weighted by molar-refractivity contribution is 5.53. The van der Waals surface area contributed by atoms with Gasteiger partial charge in [-0.2, -0.15) is 5.10 Å². The number of ether oxygens (including phenoxy) is 2. The maximum absolute atomic E-state index is 12.4. The highest BCUT2D eigenvalue weighted by atomic mass is 16.6. The molecular weight excluding hydrogens is 332 g/mol. The van der Waals surface area contributed by atoms with Crippen LogP contribution in [0.5, 0.6) is 0 Å². The van der Waals surface area contributed by atoms with Gasteiger partial charge in [-0.3, -0.25) is 9.48 Å². The van der Waals surface area contributed by atoms with Crippen LogP contribution in [0.25, 0.3) is 0 Å². The second kappa shape index (κ2) is 6.31. The van der Waals surface area contributed by atoms with Crippen LogP contribution in [-0.2, 0) is 16.5 Å². The monoisotopic (exact) mass is 354 g/mol. The van der Waals surface area contributed by atoms with Crippen LogP contribution in [0.1, 0.15) is 23.7 Å². The highest BCUT2D eigenvalue weighted by Gasteiger charge is 2.50. The number of aromatic amines is 1. The molecule has 1 N–H and O–H groups in total.